The molecule has 0 saturated carbocycles. The zero-order valence-corrected chi connectivity index (χ0v) is 11.5. The van der Waals surface area contributed by atoms with Crippen molar-refractivity contribution in [3.63, 3.8) is 0 Å². The first-order valence-corrected chi connectivity index (χ1v) is 6.92. The third-order valence-electron chi connectivity index (χ3n) is 2.81. The molecule has 0 radical (unpaired) electrons. The molecule has 0 saturated heterocycles. The molecule has 0 amide bonds. The Bertz CT molecular complexity index is 432. The summed E-state index contributed by atoms with van der Waals surface area (Å²) in [4.78, 5) is 0. The van der Waals surface area contributed by atoms with Gasteiger partial charge >= 0.3 is 0 Å². The van der Waals surface area contributed by atoms with Crippen LogP contribution in [0.2, 0.25) is 0 Å². The number of alkyl halides is 1. The molecule has 0 aliphatic carbocycles. The third kappa shape index (κ3) is 2.40. The van der Waals surface area contributed by atoms with Crippen LogP contribution in [0.1, 0.15) is 22.8 Å². The van der Waals surface area contributed by atoms with Gasteiger partial charge in [0.05, 0.1) is 14.2 Å². The van der Waals surface area contributed by atoms with Crippen molar-refractivity contribution in [1.29, 1.82) is 0 Å². The molecule has 17 heavy (non-hydrogen) atoms. The summed E-state index contributed by atoms with van der Waals surface area (Å²) in [5, 5.41) is 2.51. The zero-order chi connectivity index (χ0) is 12.3. The summed E-state index contributed by atoms with van der Waals surface area (Å²) in [7, 11) is 3.33. The van der Waals surface area contributed by atoms with Gasteiger partial charge in [0.15, 0.2) is 11.5 Å². The van der Waals surface area contributed by atoms with Crippen LogP contribution < -0.4 is 9.47 Å². The molecule has 0 N–H and O–H groups in total. The Balaban J connectivity index is 2.48. The van der Waals surface area contributed by atoms with Crippen LogP contribution in [0.5, 0.6) is 11.5 Å². The normalized spacial score (nSPS) is 17.7. The lowest BCUT2D eigenvalue weighted by atomic mass is 10.0. The summed E-state index contributed by atoms with van der Waals surface area (Å²) >= 11 is 7.64. The van der Waals surface area contributed by atoms with Gasteiger partial charge in [0.1, 0.15) is 0 Å². The summed E-state index contributed by atoms with van der Waals surface area (Å²) in [6.45, 7) is 0. The molecule has 0 aromatic heterocycles. The quantitative estimate of drug-likeness (QED) is 0.768. The highest BCUT2D eigenvalue weighted by molar-refractivity contribution is 8.02. The SMILES string of the molecule is COc1ccc2c(c1OC)C=CSC2CCCl. The van der Waals surface area contributed by atoms with Crippen molar-refractivity contribution in [2.45, 2.75) is 11.7 Å². The van der Waals surface area contributed by atoms with Gasteiger partial charge in [0.25, 0.3) is 0 Å². The van der Waals surface area contributed by atoms with Gasteiger partial charge < -0.3 is 9.47 Å². The minimum absolute atomic E-state index is 0.410. The molecule has 2 nitrogen and oxygen atoms in total. The summed E-state index contributed by atoms with van der Waals surface area (Å²) in [5.74, 6) is 2.24. The molecule has 92 valence electrons. The Morgan fingerprint density at radius 1 is 1.29 bits per heavy atom. The van der Waals surface area contributed by atoms with Crippen LogP contribution in [0.4, 0.5) is 0 Å². The summed E-state index contributed by atoms with van der Waals surface area (Å²) in [6.07, 6.45) is 3.03. The number of fused-ring (bicyclic) bond motifs is 1. The largest absolute Gasteiger partial charge is 0.493 e. The molecule has 1 atom stereocenters. The molecule has 0 bridgehead atoms. The van der Waals surface area contributed by atoms with E-state index in [1.807, 2.05) is 6.07 Å². The average Bonchev–Trinajstić information content (AvgIpc) is 2.38. The Morgan fingerprint density at radius 2 is 2.12 bits per heavy atom. The van der Waals surface area contributed by atoms with Crippen LogP contribution in [-0.4, -0.2) is 20.1 Å². The highest BCUT2D eigenvalue weighted by Gasteiger charge is 2.22. The minimum atomic E-state index is 0.410. The van der Waals surface area contributed by atoms with Gasteiger partial charge in [-0.3, -0.25) is 0 Å². The highest BCUT2D eigenvalue weighted by Crippen LogP contribution is 2.46. The number of ether oxygens (including phenoxy) is 2. The lowest BCUT2D eigenvalue weighted by Gasteiger charge is -2.23. The minimum Gasteiger partial charge on any atom is -0.493 e. The first-order chi connectivity index (χ1) is 8.31. The topological polar surface area (TPSA) is 18.5 Å². The maximum absolute atomic E-state index is 5.84. The number of hydrogen-bond donors (Lipinski definition) is 0. The first kappa shape index (κ1) is 12.7. The first-order valence-electron chi connectivity index (χ1n) is 5.44. The average molecular weight is 271 g/mol. The van der Waals surface area contributed by atoms with E-state index >= 15 is 0 Å². The third-order valence-corrected chi connectivity index (χ3v) is 4.14. The second kappa shape index (κ2) is 5.69. The lowest BCUT2D eigenvalue weighted by Crippen LogP contribution is -2.03. The van der Waals surface area contributed by atoms with Gasteiger partial charge in [0.2, 0.25) is 0 Å². The van der Waals surface area contributed by atoms with Crippen molar-refractivity contribution in [3.05, 3.63) is 28.7 Å². The van der Waals surface area contributed by atoms with E-state index < -0.39 is 0 Å². The molecular formula is C13H15ClO2S. The van der Waals surface area contributed by atoms with Crippen molar-refractivity contribution < 1.29 is 9.47 Å². The van der Waals surface area contributed by atoms with Gasteiger partial charge in [0, 0.05) is 16.7 Å². The fraction of sp³-hybridized carbons (Fsp3) is 0.385. The Morgan fingerprint density at radius 3 is 2.76 bits per heavy atom. The number of thioether (sulfide) groups is 1. The maximum atomic E-state index is 5.84. The fourth-order valence-electron chi connectivity index (χ4n) is 2.02. The van der Waals surface area contributed by atoms with E-state index in [4.69, 9.17) is 21.1 Å². The molecule has 1 aliphatic heterocycles. The van der Waals surface area contributed by atoms with Crippen LogP contribution in [-0.2, 0) is 0 Å². The van der Waals surface area contributed by atoms with Crippen molar-refractivity contribution in [2.75, 3.05) is 20.1 Å². The van der Waals surface area contributed by atoms with Crippen LogP contribution >= 0.6 is 23.4 Å². The zero-order valence-electron chi connectivity index (χ0n) is 9.90. The number of halogens is 1. The molecular weight excluding hydrogens is 256 g/mol. The molecule has 2 rings (SSSR count). The van der Waals surface area contributed by atoms with Crippen LogP contribution in [0.25, 0.3) is 6.08 Å². The van der Waals surface area contributed by atoms with Gasteiger partial charge in [-0.1, -0.05) is 6.07 Å². The van der Waals surface area contributed by atoms with Crippen LogP contribution in [0, 0.1) is 0 Å². The van der Waals surface area contributed by atoms with E-state index in [2.05, 4.69) is 17.6 Å². The van der Waals surface area contributed by atoms with Gasteiger partial charge in [-0.05, 0) is 29.5 Å². The number of benzene rings is 1. The van der Waals surface area contributed by atoms with E-state index in [1.54, 1.807) is 26.0 Å². The van der Waals surface area contributed by atoms with Crippen molar-refractivity contribution >= 4 is 29.4 Å². The second-order valence-corrected chi connectivity index (χ2v) is 5.20. The van der Waals surface area contributed by atoms with Crippen molar-refractivity contribution in [3.8, 4) is 11.5 Å². The van der Waals surface area contributed by atoms with E-state index in [0.29, 0.717) is 11.1 Å². The Kier molecular flexibility index (Phi) is 4.24. The Labute approximate surface area is 111 Å². The van der Waals surface area contributed by atoms with Crippen molar-refractivity contribution in [2.24, 2.45) is 0 Å². The van der Waals surface area contributed by atoms with Gasteiger partial charge in [-0.2, -0.15) is 0 Å². The maximum Gasteiger partial charge on any atom is 0.168 e. The number of methoxy groups -OCH3 is 2. The molecule has 0 fully saturated rings. The summed E-state index contributed by atoms with van der Waals surface area (Å²) in [6, 6.07) is 4.06. The molecule has 0 spiro atoms. The lowest BCUT2D eigenvalue weighted by molar-refractivity contribution is 0.354. The van der Waals surface area contributed by atoms with E-state index in [-0.39, 0.29) is 0 Å². The number of rotatable bonds is 4. The van der Waals surface area contributed by atoms with Crippen LogP contribution in [0.15, 0.2) is 17.5 Å². The van der Waals surface area contributed by atoms with Crippen molar-refractivity contribution in [1.82, 2.24) is 0 Å². The predicted octanol–water partition coefficient (Wildman–Crippen LogP) is 4.09. The monoisotopic (exact) mass is 270 g/mol. The highest BCUT2D eigenvalue weighted by atomic mass is 35.5. The fourth-order valence-corrected chi connectivity index (χ4v) is 3.37. The number of hydrogen-bond acceptors (Lipinski definition) is 3. The summed E-state index contributed by atoms with van der Waals surface area (Å²) in [5.41, 5.74) is 2.39. The van der Waals surface area contributed by atoms with E-state index in [1.165, 1.54) is 5.56 Å². The van der Waals surface area contributed by atoms with E-state index in [0.717, 1.165) is 23.5 Å². The van der Waals surface area contributed by atoms with Gasteiger partial charge in [-0.15, -0.1) is 23.4 Å². The van der Waals surface area contributed by atoms with Crippen LogP contribution in [0.3, 0.4) is 0 Å². The van der Waals surface area contributed by atoms with E-state index in [9.17, 15) is 0 Å². The molecule has 1 aromatic rings. The molecule has 1 aromatic carbocycles. The second-order valence-electron chi connectivity index (χ2n) is 3.71. The predicted molar refractivity (Wildman–Crippen MR) is 74.2 cm³/mol. The van der Waals surface area contributed by atoms with Gasteiger partial charge in [-0.25, -0.2) is 0 Å². The smallest absolute Gasteiger partial charge is 0.168 e. The molecule has 1 aliphatic rings. The Hall–Kier alpha value is -0.800. The molecule has 1 heterocycles. The molecule has 4 heteroatoms. The molecule has 1 unspecified atom stereocenters. The summed E-state index contributed by atoms with van der Waals surface area (Å²) < 4.78 is 10.7. The standard InChI is InChI=1S/C13H15ClO2S/c1-15-11-4-3-9-10(13(11)16-2)6-8-17-12(9)5-7-14/h3-4,6,8,12H,5,7H2,1-2H3.